The van der Waals surface area contributed by atoms with Gasteiger partial charge < -0.3 is 0 Å². The number of nitrogens with zero attached hydrogens (tertiary/aromatic N) is 1. The quantitative estimate of drug-likeness (QED) is 0.133. The number of hydrazone groups is 1. The van der Waals surface area contributed by atoms with Crippen molar-refractivity contribution in [2.24, 2.45) is 5.10 Å². The highest BCUT2D eigenvalue weighted by molar-refractivity contribution is 9.10. The molecule has 0 heterocycles. The van der Waals surface area contributed by atoms with Crippen LogP contribution >= 0.6 is 15.9 Å². The average molecular weight is 466 g/mol. The van der Waals surface area contributed by atoms with Crippen LogP contribution < -0.4 is 5.43 Å². The van der Waals surface area contributed by atoms with Gasteiger partial charge in [-0.25, -0.2) is 5.43 Å². The van der Waals surface area contributed by atoms with Gasteiger partial charge >= 0.3 is 0 Å². The molecule has 1 aromatic carbocycles. The summed E-state index contributed by atoms with van der Waals surface area (Å²) in [5, 5.41) is 4.03. The molecule has 0 unspecified atom stereocenters. The van der Waals surface area contributed by atoms with Gasteiger partial charge in [-0.15, -0.1) is 0 Å². The van der Waals surface area contributed by atoms with Crippen LogP contribution in [0.15, 0.2) is 33.8 Å². The maximum atomic E-state index is 11.8. The normalized spacial score (nSPS) is 11.2. The zero-order chi connectivity index (χ0) is 21.0. The SMILES string of the molecule is CCCCCCCCCCCCCCCCCC(=O)N/N=C/c1cccc(Br)c1. The molecule has 0 saturated heterocycles. The van der Waals surface area contributed by atoms with E-state index in [0.29, 0.717) is 6.42 Å². The topological polar surface area (TPSA) is 41.5 Å². The predicted molar refractivity (Wildman–Crippen MR) is 129 cm³/mol. The molecule has 1 N–H and O–H groups in total. The van der Waals surface area contributed by atoms with Crippen molar-refractivity contribution < 1.29 is 4.79 Å². The van der Waals surface area contributed by atoms with Gasteiger partial charge in [-0.05, 0) is 24.1 Å². The Kier molecular flexibility index (Phi) is 16.8. The fourth-order valence-electron chi connectivity index (χ4n) is 3.48. The lowest BCUT2D eigenvalue weighted by Gasteiger charge is -2.03. The van der Waals surface area contributed by atoms with E-state index >= 15 is 0 Å². The van der Waals surface area contributed by atoms with Gasteiger partial charge in [0, 0.05) is 10.9 Å². The Morgan fingerprint density at radius 1 is 0.862 bits per heavy atom. The van der Waals surface area contributed by atoms with E-state index < -0.39 is 0 Å². The van der Waals surface area contributed by atoms with Crippen LogP contribution in [-0.4, -0.2) is 12.1 Å². The van der Waals surface area contributed by atoms with Crippen molar-refractivity contribution in [3.05, 3.63) is 34.3 Å². The lowest BCUT2D eigenvalue weighted by molar-refractivity contribution is -0.121. The molecule has 1 rings (SSSR count). The fourth-order valence-corrected chi connectivity index (χ4v) is 3.90. The Hall–Kier alpha value is -1.16. The summed E-state index contributed by atoms with van der Waals surface area (Å²) in [5.74, 6) is 0.00550. The van der Waals surface area contributed by atoms with Crippen LogP contribution in [0, 0.1) is 0 Å². The summed E-state index contributed by atoms with van der Waals surface area (Å²) in [4.78, 5) is 11.8. The molecule has 1 amide bonds. The number of carbonyl (C=O) groups is 1. The van der Waals surface area contributed by atoms with Gasteiger partial charge in [0.25, 0.3) is 0 Å². The Labute approximate surface area is 187 Å². The van der Waals surface area contributed by atoms with Crippen LogP contribution in [0.25, 0.3) is 0 Å². The van der Waals surface area contributed by atoms with Crippen molar-refractivity contribution in [3.63, 3.8) is 0 Å². The smallest absolute Gasteiger partial charge is 0.240 e. The summed E-state index contributed by atoms with van der Waals surface area (Å²) >= 11 is 3.42. The summed E-state index contributed by atoms with van der Waals surface area (Å²) in [6.07, 6.45) is 22.3. The number of rotatable bonds is 18. The van der Waals surface area contributed by atoms with Gasteiger partial charge in [0.1, 0.15) is 0 Å². The number of nitrogens with one attached hydrogen (secondary N) is 1. The predicted octanol–water partition coefficient (Wildman–Crippen LogP) is 8.16. The molecule has 3 nitrogen and oxygen atoms in total. The molecule has 0 aliphatic carbocycles. The van der Waals surface area contributed by atoms with Crippen molar-refractivity contribution >= 4 is 28.1 Å². The van der Waals surface area contributed by atoms with E-state index in [2.05, 4.69) is 33.4 Å². The molecule has 4 heteroatoms. The number of benzene rings is 1. The minimum atomic E-state index is 0.00550. The Balaban J connectivity index is 1.84. The number of carbonyl (C=O) groups excluding carboxylic acids is 1. The summed E-state index contributed by atoms with van der Waals surface area (Å²) in [7, 11) is 0. The lowest BCUT2D eigenvalue weighted by atomic mass is 10.0. The molecule has 0 spiro atoms. The summed E-state index contributed by atoms with van der Waals surface area (Å²) in [6, 6.07) is 7.83. The zero-order valence-corrected chi connectivity index (χ0v) is 20.0. The molecule has 1 aromatic rings. The molecule has 164 valence electrons. The van der Waals surface area contributed by atoms with E-state index in [4.69, 9.17) is 0 Å². The number of hydrogen-bond acceptors (Lipinski definition) is 2. The highest BCUT2D eigenvalue weighted by Gasteiger charge is 1.99. The van der Waals surface area contributed by atoms with Gasteiger partial charge in [-0.3, -0.25) is 4.79 Å². The fraction of sp³-hybridized carbons (Fsp3) is 0.680. The van der Waals surface area contributed by atoms with E-state index in [-0.39, 0.29) is 5.91 Å². The van der Waals surface area contributed by atoms with Gasteiger partial charge in [-0.2, -0.15) is 5.10 Å². The van der Waals surface area contributed by atoms with E-state index in [1.54, 1.807) is 6.21 Å². The molecule has 0 aliphatic heterocycles. The molecule has 0 saturated carbocycles. The third kappa shape index (κ3) is 16.3. The second-order valence-corrected chi connectivity index (χ2v) is 8.96. The van der Waals surface area contributed by atoms with Gasteiger partial charge in [-0.1, -0.05) is 125 Å². The number of amides is 1. The Morgan fingerprint density at radius 3 is 1.90 bits per heavy atom. The van der Waals surface area contributed by atoms with Crippen molar-refractivity contribution in [1.29, 1.82) is 0 Å². The first-order chi connectivity index (χ1) is 14.2. The molecule has 29 heavy (non-hydrogen) atoms. The molecular weight excluding hydrogens is 424 g/mol. The number of halogens is 1. The minimum Gasteiger partial charge on any atom is -0.273 e. The number of unbranched alkanes of at least 4 members (excludes halogenated alkanes) is 14. The maximum absolute atomic E-state index is 11.8. The highest BCUT2D eigenvalue weighted by atomic mass is 79.9. The van der Waals surface area contributed by atoms with E-state index in [1.807, 2.05) is 24.3 Å². The van der Waals surface area contributed by atoms with Gasteiger partial charge in [0.15, 0.2) is 0 Å². The molecule has 0 radical (unpaired) electrons. The zero-order valence-electron chi connectivity index (χ0n) is 18.4. The molecular formula is C25H41BrN2O. The molecule has 0 atom stereocenters. The summed E-state index contributed by atoms with van der Waals surface area (Å²) in [5.41, 5.74) is 3.58. The molecule has 0 aliphatic rings. The van der Waals surface area contributed by atoms with Crippen LogP contribution in [0.4, 0.5) is 0 Å². The third-order valence-electron chi connectivity index (χ3n) is 5.26. The molecule has 0 bridgehead atoms. The third-order valence-corrected chi connectivity index (χ3v) is 5.75. The molecule has 0 aromatic heterocycles. The monoisotopic (exact) mass is 464 g/mol. The second-order valence-electron chi connectivity index (χ2n) is 8.05. The van der Waals surface area contributed by atoms with Gasteiger partial charge in [0.2, 0.25) is 5.91 Å². The van der Waals surface area contributed by atoms with Gasteiger partial charge in [0.05, 0.1) is 6.21 Å². The largest absolute Gasteiger partial charge is 0.273 e. The standard InChI is InChI=1S/C25H41BrN2O/c1-2-3-4-5-6-7-8-9-10-11-12-13-14-15-16-20-25(29)28-27-22-23-18-17-19-24(26)21-23/h17-19,21-22H,2-16,20H2,1H3,(H,28,29)/b27-22+. The highest BCUT2D eigenvalue weighted by Crippen LogP contribution is 2.14. The van der Waals surface area contributed by atoms with Crippen LogP contribution in [0.2, 0.25) is 0 Å². The average Bonchev–Trinajstić information content (AvgIpc) is 2.71. The number of hydrogen-bond donors (Lipinski definition) is 1. The lowest BCUT2D eigenvalue weighted by Crippen LogP contribution is -2.16. The van der Waals surface area contributed by atoms with E-state index in [1.165, 1.54) is 83.5 Å². The van der Waals surface area contributed by atoms with E-state index in [0.717, 1.165) is 22.9 Å². The van der Waals surface area contributed by atoms with Crippen LogP contribution in [0.3, 0.4) is 0 Å². The van der Waals surface area contributed by atoms with Crippen molar-refractivity contribution in [2.75, 3.05) is 0 Å². The minimum absolute atomic E-state index is 0.00550. The second kappa shape index (κ2) is 18.8. The molecule has 0 fully saturated rings. The first-order valence-electron chi connectivity index (χ1n) is 11.8. The van der Waals surface area contributed by atoms with Crippen molar-refractivity contribution in [3.8, 4) is 0 Å². The maximum Gasteiger partial charge on any atom is 0.240 e. The first kappa shape index (κ1) is 25.9. The van der Waals surface area contributed by atoms with Crippen molar-refractivity contribution in [2.45, 2.75) is 110 Å². The van der Waals surface area contributed by atoms with Crippen LogP contribution in [0.1, 0.15) is 115 Å². The van der Waals surface area contributed by atoms with Crippen LogP contribution in [0.5, 0.6) is 0 Å². The first-order valence-corrected chi connectivity index (χ1v) is 12.6. The van der Waals surface area contributed by atoms with Crippen molar-refractivity contribution in [1.82, 2.24) is 5.43 Å². The summed E-state index contributed by atoms with van der Waals surface area (Å²) < 4.78 is 1.01. The van der Waals surface area contributed by atoms with E-state index in [9.17, 15) is 4.79 Å². The summed E-state index contributed by atoms with van der Waals surface area (Å²) in [6.45, 7) is 2.28. The van der Waals surface area contributed by atoms with Crippen LogP contribution in [-0.2, 0) is 4.79 Å². The Morgan fingerprint density at radius 2 is 1.38 bits per heavy atom. The Bertz CT molecular complexity index is 560.